The van der Waals surface area contributed by atoms with Crippen molar-refractivity contribution in [2.75, 3.05) is 26.7 Å². The van der Waals surface area contributed by atoms with Gasteiger partial charge in [0.2, 0.25) is 21.8 Å². The lowest BCUT2D eigenvalue weighted by atomic mass is 9.97. The van der Waals surface area contributed by atoms with E-state index < -0.39 is 15.9 Å². The zero-order valence-corrected chi connectivity index (χ0v) is 16.0. The minimum atomic E-state index is -3.80. The van der Waals surface area contributed by atoms with Crippen molar-refractivity contribution in [1.29, 1.82) is 0 Å². The molecule has 1 aliphatic heterocycles. The molecular weight excluding hydrogens is 366 g/mol. The second-order valence-corrected chi connectivity index (χ2v) is 8.90. The summed E-state index contributed by atoms with van der Waals surface area (Å²) in [5, 5.41) is 1.76. The van der Waals surface area contributed by atoms with E-state index in [2.05, 4.69) is 0 Å². The number of sulfonamides is 1. The number of likely N-dealkylation sites (N-methyl/N-ethyl adjacent to an activating group) is 1. The molecule has 0 aliphatic carbocycles. The average Bonchev–Trinajstić information content (AvgIpc) is 2.67. The fourth-order valence-corrected chi connectivity index (χ4v) is 4.48. The Morgan fingerprint density at radius 3 is 2.59 bits per heavy atom. The van der Waals surface area contributed by atoms with Gasteiger partial charge in [-0.25, -0.2) is 8.42 Å². The first-order chi connectivity index (χ1) is 12.8. The predicted molar refractivity (Wildman–Crippen MR) is 102 cm³/mol. The molecule has 1 saturated heterocycles. The van der Waals surface area contributed by atoms with Crippen LogP contribution in [0.25, 0.3) is 10.8 Å². The molecule has 0 aromatic heterocycles. The largest absolute Gasteiger partial charge is 0.369 e. The van der Waals surface area contributed by atoms with Crippen molar-refractivity contribution >= 4 is 32.6 Å². The van der Waals surface area contributed by atoms with Crippen molar-refractivity contribution in [1.82, 2.24) is 9.21 Å². The van der Waals surface area contributed by atoms with Crippen molar-refractivity contribution in [3.63, 3.8) is 0 Å². The maximum Gasteiger partial charge on any atom is 0.243 e. The van der Waals surface area contributed by atoms with Gasteiger partial charge in [0.15, 0.2) is 0 Å². The van der Waals surface area contributed by atoms with Crippen molar-refractivity contribution < 1.29 is 18.0 Å². The normalized spacial score (nSPS) is 18.0. The molecule has 8 heteroatoms. The highest BCUT2D eigenvalue weighted by Crippen LogP contribution is 2.22. The summed E-state index contributed by atoms with van der Waals surface area (Å²) >= 11 is 0. The van der Waals surface area contributed by atoms with Crippen LogP contribution in [0.1, 0.15) is 12.8 Å². The minimum absolute atomic E-state index is 0.144. The number of primary amides is 1. The van der Waals surface area contributed by atoms with E-state index in [0.29, 0.717) is 19.4 Å². The fourth-order valence-electron chi connectivity index (χ4n) is 3.32. The van der Waals surface area contributed by atoms with Gasteiger partial charge in [0.1, 0.15) is 0 Å². The Bertz CT molecular complexity index is 974. The van der Waals surface area contributed by atoms with Gasteiger partial charge in [-0.05, 0) is 35.7 Å². The SMILES string of the molecule is CN(CC(=O)N1CCCC(C(N)=O)C1)S(=O)(=O)c1ccc2ccccc2c1. The second kappa shape index (κ2) is 7.66. The number of fused-ring (bicyclic) bond motifs is 1. The van der Waals surface area contributed by atoms with Gasteiger partial charge in [-0.1, -0.05) is 30.3 Å². The molecule has 1 aliphatic rings. The number of benzene rings is 2. The number of hydrogen-bond acceptors (Lipinski definition) is 4. The molecule has 2 N–H and O–H groups in total. The minimum Gasteiger partial charge on any atom is -0.369 e. The number of carbonyl (C=O) groups excluding carboxylic acids is 2. The first-order valence-electron chi connectivity index (χ1n) is 8.81. The average molecular weight is 389 g/mol. The van der Waals surface area contributed by atoms with Gasteiger partial charge < -0.3 is 10.6 Å². The molecule has 2 aromatic rings. The Labute approximate surface area is 158 Å². The van der Waals surface area contributed by atoms with E-state index in [0.717, 1.165) is 15.1 Å². The molecule has 27 heavy (non-hydrogen) atoms. The number of likely N-dealkylation sites (tertiary alicyclic amines) is 1. The maximum atomic E-state index is 12.8. The number of amides is 2. The van der Waals surface area contributed by atoms with Crippen LogP contribution in [0, 0.1) is 5.92 Å². The number of nitrogens with zero attached hydrogens (tertiary/aromatic N) is 2. The van der Waals surface area contributed by atoms with Crippen LogP contribution in [0.5, 0.6) is 0 Å². The highest BCUT2D eigenvalue weighted by molar-refractivity contribution is 7.89. The Morgan fingerprint density at radius 1 is 1.19 bits per heavy atom. The third-order valence-electron chi connectivity index (χ3n) is 4.96. The molecule has 0 bridgehead atoms. The van der Waals surface area contributed by atoms with Crippen LogP contribution in [-0.2, 0) is 19.6 Å². The van der Waals surface area contributed by atoms with E-state index in [1.165, 1.54) is 11.9 Å². The molecule has 144 valence electrons. The van der Waals surface area contributed by atoms with Crippen LogP contribution < -0.4 is 5.73 Å². The number of carbonyl (C=O) groups is 2. The van der Waals surface area contributed by atoms with E-state index in [9.17, 15) is 18.0 Å². The summed E-state index contributed by atoms with van der Waals surface area (Å²) in [6.07, 6.45) is 1.34. The molecule has 1 atom stereocenters. The van der Waals surface area contributed by atoms with Gasteiger partial charge in [0, 0.05) is 20.1 Å². The van der Waals surface area contributed by atoms with E-state index in [1.54, 1.807) is 18.2 Å². The highest BCUT2D eigenvalue weighted by Gasteiger charge is 2.30. The molecule has 1 unspecified atom stereocenters. The maximum absolute atomic E-state index is 12.8. The first-order valence-corrected chi connectivity index (χ1v) is 10.3. The Kier molecular flexibility index (Phi) is 5.48. The van der Waals surface area contributed by atoms with Crippen LogP contribution in [0.2, 0.25) is 0 Å². The van der Waals surface area contributed by atoms with Crippen molar-refractivity contribution in [2.24, 2.45) is 11.7 Å². The summed E-state index contributed by atoms with van der Waals surface area (Å²) in [5.41, 5.74) is 5.34. The predicted octanol–water partition coefficient (Wildman–Crippen LogP) is 1.18. The van der Waals surface area contributed by atoms with Crippen molar-refractivity contribution in [2.45, 2.75) is 17.7 Å². The summed E-state index contributed by atoms with van der Waals surface area (Å²) in [4.78, 5) is 25.6. The van der Waals surface area contributed by atoms with Gasteiger partial charge in [0.25, 0.3) is 0 Å². The van der Waals surface area contributed by atoms with Crippen LogP contribution in [0.15, 0.2) is 47.4 Å². The topological polar surface area (TPSA) is 101 Å². The Morgan fingerprint density at radius 2 is 1.89 bits per heavy atom. The Balaban J connectivity index is 1.74. The monoisotopic (exact) mass is 389 g/mol. The van der Waals surface area contributed by atoms with Crippen molar-refractivity contribution in [3.8, 4) is 0 Å². The Hall–Kier alpha value is -2.45. The zero-order chi connectivity index (χ0) is 19.6. The summed E-state index contributed by atoms with van der Waals surface area (Å²) in [5.74, 6) is -1.12. The quantitative estimate of drug-likeness (QED) is 0.830. The number of nitrogens with two attached hydrogens (primary N) is 1. The summed E-state index contributed by atoms with van der Waals surface area (Å²) in [7, 11) is -2.41. The second-order valence-electron chi connectivity index (χ2n) is 6.85. The zero-order valence-electron chi connectivity index (χ0n) is 15.2. The summed E-state index contributed by atoms with van der Waals surface area (Å²) in [6, 6.07) is 12.4. The van der Waals surface area contributed by atoms with E-state index in [4.69, 9.17) is 5.73 Å². The van der Waals surface area contributed by atoms with Gasteiger partial charge in [-0.3, -0.25) is 9.59 Å². The molecule has 7 nitrogen and oxygen atoms in total. The molecule has 1 fully saturated rings. The number of hydrogen-bond donors (Lipinski definition) is 1. The van der Waals surface area contributed by atoms with Crippen LogP contribution in [-0.4, -0.2) is 56.1 Å². The molecule has 3 rings (SSSR count). The molecular formula is C19H23N3O4S. The first kappa shape index (κ1) is 19.3. The van der Waals surface area contributed by atoms with Gasteiger partial charge >= 0.3 is 0 Å². The standard InChI is InChI=1S/C19H23N3O4S/c1-21(13-18(23)22-10-4-7-16(12-22)19(20)24)27(25,26)17-9-8-14-5-2-3-6-15(14)11-17/h2-3,5-6,8-9,11,16H,4,7,10,12-13H2,1H3,(H2,20,24). The summed E-state index contributed by atoms with van der Waals surface area (Å²) in [6.45, 7) is 0.477. The molecule has 0 saturated carbocycles. The van der Waals surface area contributed by atoms with Gasteiger partial charge in [-0.15, -0.1) is 0 Å². The fraction of sp³-hybridized carbons (Fsp3) is 0.368. The van der Waals surface area contributed by atoms with E-state index >= 15 is 0 Å². The lowest BCUT2D eigenvalue weighted by Crippen LogP contribution is -2.47. The highest BCUT2D eigenvalue weighted by atomic mass is 32.2. The van der Waals surface area contributed by atoms with Crippen molar-refractivity contribution in [3.05, 3.63) is 42.5 Å². The molecule has 0 spiro atoms. The van der Waals surface area contributed by atoms with Crippen LogP contribution in [0.3, 0.4) is 0 Å². The van der Waals surface area contributed by atoms with Gasteiger partial charge in [-0.2, -0.15) is 4.31 Å². The third-order valence-corrected chi connectivity index (χ3v) is 6.76. The summed E-state index contributed by atoms with van der Waals surface area (Å²) < 4.78 is 26.7. The van der Waals surface area contributed by atoms with E-state index in [1.807, 2.05) is 24.3 Å². The molecule has 0 radical (unpaired) electrons. The molecule has 1 heterocycles. The number of piperidine rings is 1. The molecule has 2 amide bonds. The molecule has 2 aromatic carbocycles. The smallest absolute Gasteiger partial charge is 0.243 e. The van der Waals surface area contributed by atoms with Crippen LogP contribution >= 0.6 is 0 Å². The lowest BCUT2D eigenvalue weighted by Gasteiger charge is -2.32. The third kappa shape index (κ3) is 4.12. The van der Waals surface area contributed by atoms with Gasteiger partial charge in [0.05, 0.1) is 17.4 Å². The lowest BCUT2D eigenvalue weighted by molar-refractivity contribution is -0.134. The van der Waals surface area contributed by atoms with E-state index in [-0.39, 0.29) is 29.8 Å². The number of rotatable bonds is 5. The van der Waals surface area contributed by atoms with Crippen LogP contribution in [0.4, 0.5) is 0 Å².